The Kier molecular flexibility index (Phi) is 16.5. The van der Waals surface area contributed by atoms with Crippen LogP contribution < -0.4 is 0 Å². The first kappa shape index (κ1) is 24.0. The third-order valence-electron chi connectivity index (χ3n) is 4.09. The quantitative estimate of drug-likeness (QED) is 0.162. The lowest BCUT2D eigenvalue weighted by molar-refractivity contribution is 0.563. The predicted octanol–water partition coefficient (Wildman–Crippen LogP) is 7.91. The molecular formula is C20H35NS3. The van der Waals surface area contributed by atoms with Gasteiger partial charge < -0.3 is 0 Å². The van der Waals surface area contributed by atoms with Crippen molar-refractivity contribution in [1.29, 1.82) is 5.26 Å². The first-order valence-electron chi connectivity index (χ1n) is 9.46. The molecule has 138 valence electrons. The van der Waals surface area contributed by atoms with Crippen LogP contribution in [-0.4, -0.2) is 14.0 Å². The molecule has 24 heavy (non-hydrogen) atoms. The summed E-state index contributed by atoms with van der Waals surface area (Å²) in [6, 6.07) is 2.40. The first-order chi connectivity index (χ1) is 11.6. The van der Waals surface area contributed by atoms with Crippen LogP contribution >= 0.6 is 35.7 Å². The summed E-state index contributed by atoms with van der Waals surface area (Å²) < 4.78 is 0.509. The Morgan fingerprint density at radius 1 is 1.08 bits per heavy atom. The fourth-order valence-electron chi connectivity index (χ4n) is 2.47. The monoisotopic (exact) mass is 385 g/mol. The number of thiocarbonyl (C=S) groups is 1. The summed E-state index contributed by atoms with van der Waals surface area (Å²) in [5.41, 5.74) is 0. The molecule has 1 unspecified atom stereocenters. The lowest BCUT2D eigenvalue weighted by Gasteiger charge is -2.20. The normalized spacial score (nSPS) is 13.2. The molecule has 0 aliphatic rings. The summed E-state index contributed by atoms with van der Waals surface area (Å²) in [5.74, 6) is 1.09. The van der Waals surface area contributed by atoms with Gasteiger partial charge >= 0.3 is 0 Å². The Balaban J connectivity index is 3.55. The van der Waals surface area contributed by atoms with Crippen LogP contribution in [-0.2, 0) is 0 Å². The van der Waals surface area contributed by atoms with Gasteiger partial charge in [0, 0.05) is 0 Å². The number of allylic oxidation sites excluding steroid dienone is 1. The van der Waals surface area contributed by atoms with Crippen LogP contribution in [0, 0.1) is 11.3 Å². The minimum absolute atomic E-state index is 0.407. The van der Waals surface area contributed by atoms with E-state index in [9.17, 15) is 5.26 Å². The third kappa shape index (κ3) is 14.4. The lowest BCUT2D eigenvalue weighted by atomic mass is 10.1. The third-order valence-corrected chi connectivity index (χ3v) is 6.94. The van der Waals surface area contributed by atoms with Gasteiger partial charge in [0.1, 0.15) is 8.28 Å². The minimum atomic E-state index is -0.407. The molecule has 0 bridgehead atoms. The minimum Gasteiger partial charge on any atom is -0.197 e. The zero-order valence-electron chi connectivity index (χ0n) is 15.6. The maximum Gasteiger partial charge on any atom is 0.106 e. The summed E-state index contributed by atoms with van der Waals surface area (Å²) >= 11 is 8.74. The summed E-state index contributed by atoms with van der Waals surface area (Å²) in [6.45, 7) is 7.98. The summed E-state index contributed by atoms with van der Waals surface area (Å²) in [4.78, 5) is 0. The van der Waals surface area contributed by atoms with Crippen molar-refractivity contribution in [3.05, 3.63) is 12.7 Å². The average molecular weight is 386 g/mol. The second kappa shape index (κ2) is 16.5. The highest BCUT2D eigenvalue weighted by Crippen LogP contribution is 2.34. The van der Waals surface area contributed by atoms with Gasteiger partial charge in [0.2, 0.25) is 0 Å². The fourth-order valence-corrected chi connectivity index (χ4v) is 5.45. The molecule has 0 spiro atoms. The molecule has 0 N–H and O–H groups in total. The molecule has 1 nitrogen and oxygen atoms in total. The molecule has 0 amide bonds. The van der Waals surface area contributed by atoms with E-state index in [-0.39, 0.29) is 0 Å². The summed E-state index contributed by atoms with van der Waals surface area (Å²) in [7, 11) is 0. The topological polar surface area (TPSA) is 23.8 Å². The van der Waals surface area contributed by atoms with E-state index in [2.05, 4.69) is 19.6 Å². The van der Waals surface area contributed by atoms with E-state index in [0.29, 0.717) is 0 Å². The molecule has 4 heteroatoms. The van der Waals surface area contributed by atoms with Crippen LogP contribution in [0.15, 0.2) is 12.7 Å². The number of hydrogen-bond donors (Lipinski definition) is 0. The predicted molar refractivity (Wildman–Crippen MR) is 118 cm³/mol. The van der Waals surface area contributed by atoms with E-state index in [1.165, 1.54) is 64.2 Å². The number of unbranched alkanes of at least 4 members (excludes halogenated alkanes) is 9. The highest BCUT2D eigenvalue weighted by molar-refractivity contribution is 8.47. The van der Waals surface area contributed by atoms with Crippen molar-refractivity contribution in [1.82, 2.24) is 0 Å². The van der Waals surface area contributed by atoms with Crippen molar-refractivity contribution in [3.8, 4) is 6.07 Å². The van der Waals surface area contributed by atoms with Crippen molar-refractivity contribution in [2.24, 2.45) is 0 Å². The number of thioether (sulfide) groups is 2. The maximum atomic E-state index is 9.35. The van der Waals surface area contributed by atoms with E-state index < -0.39 is 4.75 Å². The SMILES string of the molecule is C=CCCC(C)(C#N)SC(=S)SCCCCCCCCCCCC. The van der Waals surface area contributed by atoms with Gasteiger partial charge in [0.15, 0.2) is 0 Å². The van der Waals surface area contributed by atoms with Crippen molar-refractivity contribution in [3.63, 3.8) is 0 Å². The maximum absolute atomic E-state index is 9.35. The van der Waals surface area contributed by atoms with Gasteiger partial charge in [0.25, 0.3) is 0 Å². The molecule has 0 heterocycles. The fraction of sp³-hybridized carbons (Fsp3) is 0.800. The second-order valence-electron chi connectivity index (χ2n) is 6.55. The van der Waals surface area contributed by atoms with Gasteiger partial charge in [-0.1, -0.05) is 94.8 Å². The summed E-state index contributed by atoms with van der Waals surface area (Å²) in [6.07, 6.45) is 17.2. The van der Waals surface area contributed by atoms with Gasteiger partial charge in [-0.25, -0.2) is 0 Å². The van der Waals surface area contributed by atoms with Gasteiger partial charge in [-0.3, -0.25) is 0 Å². The van der Waals surface area contributed by atoms with Crippen molar-refractivity contribution >= 4 is 39.3 Å². The van der Waals surface area contributed by atoms with Crippen LogP contribution in [0.2, 0.25) is 0 Å². The highest BCUT2D eigenvalue weighted by atomic mass is 32.2. The van der Waals surface area contributed by atoms with Gasteiger partial charge in [-0.2, -0.15) is 5.26 Å². The van der Waals surface area contributed by atoms with Crippen molar-refractivity contribution in [2.75, 3.05) is 5.75 Å². The average Bonchev–Trinajstić information content (AvgIpc) is 2.58. The Morgan fingerprint density at radius 3 is 2.12 bits per heavy atom. The molecule has 0 radical (unpaired) electrons. The molecule has 0 aliphatic carbocycles. The molecule has 0 fully saturated rings. The lowest BCUT2D eigenvalue weighted by Crippen LogP contribution is -2.18. The van der Waals surface area contributed by atoms with Crippen LogP contribution in [0.25, 0.3) is 0 Å². The van der Waals surface area contributed by atoms with Crippen molar-refractivity contribution < 1.29 is 0 Å². The van der Waals surface area contributed by atoms with E-state index in [1.807, 2.05) is 13.0 Å². The summed E-state index contributed by atoms with van der Waals surface area (Å²) in [5, 5.41) is 9.35. The van der Waals surface area contributed by atoms with E-state index in [4.69, 9.17) is 12.2 Å². The molecular weight excluding hydrogens is 350 g/mol. The first-order valence-corrected chi connectivity index (χ1v) is 11.7. The Bertz CT molecular complexity index is 376. The zero-order valence-corrected chi connectivity index (χ0v) is 18.1. The Hall–Kier alpha value is 0.0200. The zero-order chi connectivity index (χ0) is 18.1. The smallest absolute Gasteiger partial charge is 0.106 e. The second-order valence-corrected chi connectivity index (χ2v) is 10.4. The molecule has 1 atom stereocenters. The van der Waals surface area contributed by atoms with Crippen LogP contribution in [0.1, 0.15) is 90.9 Å². The molecule has 0 aromatic rings. The number of hydrogen-bond acceptors (Lipinski definition) is 4. The van der Waals surface area contributed by atoms with Crippen LogP contribution in [0.4, 0.5) is 0 Å². The molecule has 0 saturated heterocycles. The number of nitrogens with zero attached hydrogens (tertiary/aromatic N) is 1. The molecule has 0 saturated carbocycles. The van der Waals surface area contributed by atoms with E-state index >= 15 is 0 Å². The van der Waals surface area contributed by atoms with Gasteiger partial charge in [0.05, 0.1) is 6.07 Å². The number of rotatable bonds is 15. The van der Waals surface area contributed by atoms with Crippen LogP contribution in [0.3, 0.4) is 0 Å². The highest BCUT2D eigenvalue weighted by Gasteiger charge is 2.25. The molecule has 0 aliphatic heterocycles. The largest absolute Gasteiger partial charge is 0.197 e. The molecule has 0 rings (SSSR count). The standard InChI is InChI=1S/C20H35NS3/c1-4-6-8-9-10-11-12-13-14-15-17-23-19(22)24-20(3,18-21)16-7-5-2/h5H,2,4,6-17H2,1,3H3. The van der Waals surface area contributed by atoms with Gasteiger partial charge in [-0.05, 0) is 31.9 Å². The van der Waals surface area contributed by atoms with Crippen LogP contribution in [0.5, 0.6) is 0 Å². The molecule has 0 aromatic heterocycles. The van der Waals surface area contributed by atoms with E-state index in [0.717, 1.165) is 22.1 Å². The number of nitriles is 1. The van der Waals surface area contributed by atoms with Gasteiger partial charge in [-0.15, -0.1) is 18.3 Å². The molecule has 0 aromatic carbocycles. The van der Waals surface area contributed by atoms with Crippen molar-refractivity contribution in [2.45, 2.75) is 95.6 Å². The Morgan fingerprint density at radius 2 is 1.62 bits per heavy atom. The van der Waals surface area contributed by atoms with E-state index in [1.54, 1.807) is 23.5 Å². The Labute approximate surface area is 164 Å².